The fourth-order valence-corrected chi connectivity index (χ4v) is 2.65. The number of nitrogens with one attached hydrogen (secondary N) is 2. The number of aromatic nitrogens is 1. The summed E-state index contributed by atoms with van der Waals surface area (Å²) in [5.41, 5.74) is 0.385. The Morgan fingerprint density at radius 2 is 2.00 bits per heavy atom. The average Bonchev–Trinajstić information content (AvgIpc) is 2.48. The molecule has 0 aliphatic rings. The topological polar surface area (TPSA) is 88.3 Å². The van der Waals surface area contributed by atoms with E-state index in [4.69, 9.17) is 4.74 Å². The number of halogens is 1. The second kappa shape index (κ2) is 7.82. The number of fused-ring (bicyclic) bond motifs is 1. The van der Waals surface area contributed by atoms with Crippen molar-refractivity contribution in [2.24, 2.45) is 0 Å². The van der Waals surface area contributed by atoms with E-state index < -0.39 is 11.7 Å². The first-order chi connectivity index (χ1) is 11.7. The lowest BCUT2D eigenvalue weighted by Gasteiger charge is -2.19. The molecule has 134 valence electrons. The Labute approximate surface area is 154 Å². The molecule has 0 saturated carbocycles. The highest BCUT2D eigenvalue weighted by atomic mass is 79.9. The molecule has 0 bridgehead atoms. The molecular weight excluding hydrogens is 388 g/mol. The Kier molecular flexibility index (Phi) is 6.00. The minimum atomic E-state index is -0.582. The van der Waals surface area contributed by atoms with Crippen LogP contribution in [0, 0.1) is 0 Å². The maximum atomic E-state index is 12.4. The minimum Gasteiger partial charge on any atom is -0.444 e. The van der Waals surface area contributed by atoms with Crippen molar-refractivity contribution in [3.05, 3.63) is 44.7 Å². The summed E-state index contributed by atoms with van der Waals surface area (Å²) in [7, 11) is 0. The van der Waals surface area contributed by atoms with E-state index in [9.17, 15) is 14.4 Å². The number of ether oxygens (including phenoxy) is 1. The summed E-state index contributed by atoms with van der Waals surface area (Å²) < 4.78 is 5.96. The standard InChI is InChI=1S/C18H21BrN2O4/c1-18(2,3)25-17(24)20-7-6-13(22)8-11-10-21-15-9-12(19)4-5-14(15)16(11)23/h4-5,9-10H,6-8H2,1-3H3,(H,20,24)(H,21,23). The first-order valence-corrected chi connectivity index (χ1v) is 8.73. The largest absolute Gasteiger partial charge is 0.444 e. The van der Waals surface area contributed by atoms with Crippen molar-refractivity contribution in [3.8, 4) is 0 Å². The SMILES string of the molecule is CC(C)(C)OC(=O)NCCC(=O)Cc1c[nH]c2cc(Br)ccc2c1=O. The summed E-state index contributed by atoms with van der Waals surface area (Å²) in [6, 6.07) is 5.32. The van der Waals surface area contributed by atoms with Gasteiger partial charge in [-0.25, -0.2) is 4.79 Å². The van der Waals surface area contributed by atoms with Crippen molar-refractivity contribution in [2.75, 3.05) is 6.54 Å². The van der Waals surface area contributed by atoms with Gasteiger partial charge in [0.05, 0.1) is 5.52 Å². The van der Waals surface area contributed by atoms with Crippen molar-refractivity contribution < 1.29 is 14.3 Å². The lowest BCUT2D eigenvalue weighted by Crippen LogP contribution is -2.33. The number of ketones is 1. The molecule has 6 nitrogen and oxygen atoms in total. The quantitative estimate of drug-likeness (QED) is 0.793. The number of rotatable bonds is 5. The number of benzene rings is 1. The number of Topliss-reactive ketones (excluding diaryl/α,β-unsaturated/α-hetero) is 1. The third kappa shape index (κ3) is 5.70. The molecule has 7 heteroatoms. The number of alkyl carbamates (subject to hydrolysis) is 1. The van der Waals surface area contributed by atoms with Crippen LogP contribution in [0.1, 0.15) is 32.8 Å². The highest BCUT2D eigenvalue weighted by molar-refractivity contribution is 9.10. The maximum Gasteiger partial charge on any atom is 0.407 e. The second-order valence-electron chi connectivity index (χ2n) is 6.73. The third-order valence-electron chi connectivity index (χ3n) is 3.38. The van der Waals surface area contributed by atoms with Gasteiger partial charge in [-0.3, -0.25) is 9.59 Å². The van der Waals surface area contributed by atoms with Crippen LogP contribution in [0.5, 0.6) is 0 Å². The van der Waals surface area contributed by atoms with Gasteiger partial charge in [0.2, 0.25) is 0 Å². The summed E-state index contributed by atoms with van der Waals surface area (Å²) >= 11 is 3.35. The fourth-order valence-electron chi connectivity index (χ4n) is 2.29. The molecule has 2 N–H and O–H groups in total. The van der Waals surface area contributed by atoms with Crippen molar-refractivity contribution in [3.63, 3.8) is 0 Å². The second-order valence-corrected chi connectivity index (χ2v) is 7.64. The molecule has 0 fully saturated rings. The van der Waals surface area contributed by atoms with Gasteiger partial charge in [0.15, 0.2) is 5.43 Å². The molecule has 2 aromatic rings. The third-order valence-corrected chi connectivity index (χ3v) is 3.87. The summed E-state index contributed by atoms with van der Waals surface area (Å²) in [5, 5.41) is 3.08. The summed E-state index contributed by atoms with van der Waals surface area (Å²) in [4.78, 5) is 39.1. The number of carbonyl (C=O) groups is 2. The van der Waals surface area contributed by atoms with E-state index >= 15 is 0 Å². The van der Waals surface area contributed by atoms with Gasteiger partial charge in [0.1, 0.15) is 11.4 Å². The van der Waals surface area contributed by atoms with Crippen LogP contribution in [0.15, 0.2) is 33.7 Å². The molecule has 2 rings (SSSR count). The van der Waals surface area contributed by atoms with E-state index in [1.54, 1.807) is 39.1 Å². The van der Waals surface area contributed by atoms with Crippen molar-refractivity contribution in [2.45, 2.75) is 39.2 Å². The van der Waals surface area contributed by atoms with E-state index in [-0.39, 0.29) is 30.6 Å². The van der Waals surface area contributed by atoms with Gasteiger partial charge in [-0.1, -0.05) is 15.9 Å². The molecule has 0 radical (unpaired) electrons. The maximum absolute atomic E-state index is 12.4. The minimum absolute atomic E-state index is 0.0251. The number of hydrogen-bond donors (Lipinski definition) is 2. The molecule has 1 heterocycles. The molecule has 1 aromatic carbocycles. The fraction of sp³-hybridized carbons (Fsp3) is 0.389. The zero-order valence-corrected chi connectivity index (χ0v) is 16.0. The first-order valence-electron chi connectivity index (χ1n) is 7.94. The van der Waals surface area contributed by atoms with Crippen LogP contribution < -0.4 is 10.7 Å². The zero-order valence-electron chi connectivity index (χ0n) is 14.4. The zero-order chi connectivity index (χ0) is 18.6. The van der Waals surface area contributed by atoms with Crippen molar-refractivity contribution in [1.82, 2.24) is 10.3 Å². The lowest BCUT2D eigenvalue weighted by molar-refractivity contribution is -0.118. The Bertz CT molecular complexity index is 852. The van der Waals surface area contributed by atoms with Gasteiger partial charge in [-0.15, -0.1) is 0 Å². The molecule has 1 amide bonds. The molecule has 1 aromatic heterocycles. The number of hydrogen-bond acceptors (Lipinski definition) is 4. The van der Waals surface area contributed by atoms with Crippen LogP contribution >= 0.6 is 15.9 Å². The van der Waals surface area contributed by atoms with Gasteiger partial charge in [0, 0.05) is 41.0 Å². The van der Waals surface area contributed by atoms with Crippen LogP contribution in [0.2, 0.25) is 0 Å². The molecule has 0 atom stereocenters. The molecule has 0 saturated heterocycles. The molecule has 0 aliphatic carbocycles. The van der Waals surface area contributed by atoms with E-state index in [1.165, 1.54) is 0 Å². The number of aromatic amines is 1. The Hall–Kier alpha value is -2.15. The van der Waals surface area contributed by atoms with Crippen LogP contribution in [0.25, 0.3) is 10.9 Å². The van der Waals surface area contributed by atoms with Crippen molar-refractivity contribution in [1.29, 1.82) is 0 Å². The van der Waals surface area contributed by atoms with E-state index in [0.717, 1.165) is 4.47 Å². The molecule has 0 aliphatic heterocycles. The lowest BCUT2D eigenvalue weighted by atomic mass is 10.1. The highest BCUT2D eigenvalue weighted by Crippen LogP contribution is 2.16. The van der Waals surface area contributed by atoms with Gasteiger partial charge in [0.25, 0.3) is 0 Å². The average molecular weight is 409 g/mol. The van der Waals surface area contributed by atoms with Gasteiger partial charge in [-0.05, 0) is 39.0 Å². The van der Waals surface area contributed by atoms with E-state index in [1.807, 2.05) is 6.07 Å². The van der Waals surface area contributed by atoms with E-state index in [0.29, 0.717) is 16.5 Å². The number of pyridine rings is 1. The Morgan fingerprint density at radius 1 is 1.28 bits per heavy atom. The predicted molar refractivity (Wildman–Crippen MR) is 99.8 cm³/mol. The summed E-state index contributed by atoms with van der Waals surface area (Å²) in [5.74, 6) is -0.127. The summed E-state index contributed by atoms with van der Waals surface area (Å²) in [6.45, 7) is 5.47. The monoisotopic (exact) mass is 408 g/mol. The molecule has 25 heavy (non-hydrogen) atoms. The summed E-state index contributed by atoms with van der Waals surface area (Å²) in [6.07, 6.45) is 1.17. The predicted octanol–water partition coefficient (Wildman–Crippen LogP) is 3.32. The van der Waals surface area contributed by atoms with Crippen LogP contribution in [0.4, 0.5) is 4.79 Å². The van der Waals surface area contributed by atoms with Gasteiger partial charge >= 0.3 is 6.09 Å². The smallest absolute Gasteiger partial charge is 0.407 e. The molecule has 0 unspecified atom stereocenters. The number of amides is 1. The number of H-pyrrole nitrogens is 1. The normalized spacial score (nSPS) is 11.4. The molecule has 0 spiro atoms. The first kappa shape index (κ1) is 19.2. The van der Waals surface area contributed by atoms with Crippen LogP contribution in [0.3, 0.4) is 0 Å². The number of carbonyl (C=O) groups excluding carboxylic acids is 2. The Morgan fingerprint density at radius 3 is 2.68 bits per heavy atom. The van der Waals surface area contributed by atoms with Gasteiger partial charge < -0.3 is 15.0 Å². The molecular formula is C18H21BrN2O4. The van der Waals surface area contributed by atoms with Crippen molar-refractivity contribution >= 4 is 38.7 Å². The van der Waals surface area contributed by atoms with E-state index in [2.05, 4.69) is 26.2 Å². The Balaban J connectivity index is 1.94. The van der Waals surface area contributed by atoms with Crippen LogP contribution in [-0.4, -0.2) is 29.0 Å². The van der Waals surface area contributed by atoms with Gasteiger partial charge in [-0.2, -0.15) is 0 Å². The highest BCUT2D eigenvalue weighted by Gasteiger charge is 2.16. The van der Waals surface area contributed by atoms with Crippen LogP contribution in [-0.2, 0) is 16.0 Å².